The van der Waals surface area contributed by atoms with Crippen LogP contribution in [-0.4, -0.2) is 46.5 Å². The van der Waals surface area contributed by atoms with Gasteiger partial charge in [-0.1, -0.05) is 24.3 Å². The smallest absolute Gasteiger partial charge is 0.411 e. The van der Waals surface area contributed by atoms with Crippen molar-refractivity contribution in [2.24, 2.45) is 5.92 Å². The van der Waals surface area contributed by atoms with Crippen molar-refractivity contribution in [3.8, 4) is 11.5 Å². The van der Waals surface area contributed by atoms with Crippen LogP contribution in [0.1, 0.15) is 11.1 Å². The summed E-state index contributed by atoms with van der Waals surface area (Å²) in [6.07, 6.45) is -0.658. The number of hydrogen-bond donors (Lipinski definition) is 1. The number of ether oxygens (including phenoxy) is 5. The second-order valence-corrected chi connectivity index (χ2v) is 6.35. The van der Waals surface area contributed by atoms with Crippen molar-refractivity contribution in [1.29, 1.82) is 0 Å². The second-order valence-electron chi connectivity index (χ2n) is 6.35. The van der Waals surface area contributed by atoms with Crippen LogP contribution in [-0.2, 0) is 36.8 Å². The second kappa shape index (κ2) is 11.4. The zero-order chi connectivity index (χ0) is 22.8. The van der Waals surface area contributed by atoms with Gasteiger partial charge < -0.3 is 23.7 Å². The fourth-order valence-electron chi connectivity index (χ4n) is 2.94. The lowest BCUT2D eigenvalue weighted by atomic mass is 9.97. The van der Waals surface area contributed by atoms with Crippen molar-refractivity contribution < 1.29 is 38.1 Å². The zero-order valence-electron chi connectivity index (χ0n) is 17.8. The van der Waals surface area contributed by atoms with Gasteiger partial charge in [0.2, 0.25) is 0 Å². The first kappa shape index (κ1) is 23.5. The first-order chi connectivity index (χ1) is 14.9. The largest absolute Gasteiger partial charge is 0.497 e. The first-order valence-electron chi connectivity index (χ1n) is 9.31. The van der Waals surface area contributed by atoms with Crippen LogP contribution in [0.2, 0.25) is 0 Å². The molecule has 0 radical (unpaired) electrons. The normalized spacial score (nSPS) is 10.2. The van der Waals surface area contributed by atoms with Crippen LogP contribution >= 0.6 is 0 Å². The zero-order valence-corrected chi connectivity index (χ0v) is 17.8. The van der Waals surface area contributed by atoms with E-state index in [9.17, 15) is 14.4 Å². The average molecular weight is 431 g/mol. The molecular formula is C22H25NO8. The van der Waals surface area contributed by atoms with Crippen LogP contribution in [0.15, 0.2) is 42.5 Å². The monoisotopic (exact) mass is 431 g/mol. The van der Waals surface area contributed by atoms with Gasteiger partial charge in [-0.25, -0.2) is 4.79 Å². The molecule has 2 rings (SSSR count). The molecule has 0 aliphatic carbocycles. The molecule has 0 saturated heterocycles. The van der Waals surface area contributed by atoms with Crippen molar-refractivity contribution in [3.63, 3.8) is 0 Å². The summed E-state index contributed by atoms with van der Waals surface area (Å²) in [5, 5.41) is 2.61. The van der Waals surface area contributed by atoms with Crippen LogP contribution in [0.4, 0.5) is 10.5 Å². The summed E-state index contributed by atoms with van der Waals surface area (Å²) in [6.45, 7) is -0.0894. The minimum Gasteiger partial charge on any atom is -0.497 e. The lowest BCUT2D eigenvalue weighted by molar-refractivity contribution is -0.158. The minimum absolute atomic E-state index is 0.00632. The van der Waals surface area contributed by atoms with E-state index in [0.29, 0.717) is 28.3 Å². The Morgan fingerprint density at radius 2 is 1.52 bits per heavy atom. The van der Waals surface area contributed by atoms with Crippen molar-refractivity contribution in [3.05, 3.63) is 53.6 Å². The molecule has 31 heavy (non-hydrogen) atoms. The van der Waals surface area contributed by atoms with Gasteiger partial charge in [0.1, 0.15) is 18.1 Å². The van der Waals surface area contributed by atoms with E-state index in [1.165, 1.54) is 28.4 Å². The summed E-state index contributed by atoms with van der Waals surface area (Å²) in [7, 11) is 5.37. The van der Waals surface area contributed by atoms with E-state index < -0.39 is 23.9 Å². The van der Waals surface area contributed by atoms with Gasteiger partial charge >= 0.3 is 18.0 Å². The Bertz CT molecular complexity index is 911. The molecule has 1 N–H and O–H groups in total. The third-order valence-corrected chi connectivity index (χ3v) is 4.45. The Hall–Kier alpha value is -3.75. The number of carbonyl (C=O) groups excluding carboxylic acids is 3. The number of para-hydroxylation sites is 1. The van der Waals surface area contributed by atoms with Gasteiger partial charge in [-0.3, -0.25) is 14.9 Å². The Morgan fingerprint density at radius 1 is 0.871 bits per heavy atom. The van der Waals surface area contributed by atoms with Crippen LogP contribution in [0.25, 0.3) is 0 Å². The van der Waals surface area contributed by atoms with Crippen LogP contribution < -0.4 is 14.8 Å². The third kappa shape index (κ3) is 6.36. The Balaban J connectivity index is 2.12. The number of carbonyl (C=O) groups is 3. The first-order valence-corrected chi connectivity index (χ1v) is 9.31. The fourth-order valence-corrected chi connectivity index (χ4v) is 2.94. The van der Waals surface area contributed by atoms with Crippen molar-refractivity contribution >= 4 is 23.7 Å². The summed E-state index contributed by atoms with van der Waals surface area (Å²) in [5.74, 6) is -1.58. The Morgan fingerprint density at radius 3 is 2.13 bits per heavy atom. The highest BCUT2D eigenvalue weighted by Gasteiger charge is 2.30. The van der Waals surface area contributed by atoms with E-state index in [2.05, 4.69) is 5.32 Å². The highest BCUT2D eigenvalue weighted by molar-refractivity contribution is 5.95. The summed E-state index contributed by atoms with van der Waals surface area (Å²) in [4.78, 5) is 36.1. The highest BCUT2D eigenvalue weighted by atomic mass is 16.6. The number of hydrogen-bond acceptors (Lipinski definition) is 8. The van der Waals surface area contributed by atoms with Gasteiger partial charge in [0, 0.05) is 17.3 Å². The number of nitrogens with one attached hydrogen (secondary N) is 1. The molecule has 2 aromatic carbocycles. The molecule has 0 aliphatic rings. The van der Waals surface area contributed by atoms with Gasteiger partial charge in [-0.15, -0.1) is 0 Å². The number of amides is 1. The Labute approximate surface area is 180 Å². The van der Waals surface area contributed by atoms with Crippen LogP contribution in [0.5, 0.6) is 11.5 Å². The molecule has 2 aromatic rings. The fraction of sp³-hybridized carbons (Fsp3) is 0.318. The molecule has 0 aliphatic heterocycles. The van der Waals surface area contributed by atoms with E-state index in [-0.39, 0.29) is 13.0 Å². The average Bonchev–Trinajstić information content (AvgIpc) is 2.80. The number of rotatable bonds is 9. The molecule has 1 amide bonds. The molecule has 0 spiro atoms. The van der Waals surface area contributed by atoms with Crippen molar-refractivity contribution in [1.82, 2.24) is 0 Å². The topological polar surface area (TPSA) is 109 Å². The van der Waals surface area contributed by atoms with E-state index >= 15 is 0 Å². The lowest BCUT2D eigenvalue weighted by Crippen LogP contribution is -2.28. The molecular weight excluding hydrogens is 406 g/mol. The minimum atomic E-state index is -1.14. The highest BCUT2D eigenvalue weighted by Crippen LogP contribution is 2.28. The molecule has 0 bridgehead atoms. The van der Waals surface area contributed by atoms with Crippen LogP contribution in [0.3, 0.4) is 0 Å². The number of esters is 2. The van der Waals surface area contributed by atoms with E-state index in [0.717, 1.165) is 0 Å². The van der Waals surface area contributed by atoms with Gasteiger partial charge in [0.25, 0.3) is 0 Å². The summed E-state index contributed by atoms with van der Waals surface area (Å²) in [5.41, 5.74) is 1.65. The third-order valence-electron chi connectivity index (χ3n) is 4.45. The molecule has 9 heteroatoms. The molecule has 0 unspecified atom stereocenters. The molecule has 166 valence electrons. The van der Waals surface area contributed by atoms with Crippen molar-refractivity contribution in [2.75, 3.05) is 33.8 Å². The van der Waals surface area contributed by atoms with E-state index in [1.807, 2.05) is 0 Å². The maximum atomic E-state index is 12.2. The maximum absolute atomic E-state index is 12.2. The molecule has 9 nitrogen and oxygen atoms in total. The van der Waals surface area contributed by atoms with Gasteiger partial charge in [-0.05, 0) is 24.1 Å². The quantitative estimate of drug-likeness (QED) is 0.367. The predicted molar refractivity (Wildman–Crippen MR) is 111 cm³/mol. The molecule has 0 saturated carbocycles. The van der Waals surface area contributed by atoms with Gasteiger partial charge in [0.15, 0.2) is 5.92 Å². The number of benzene rings is 2. The van der Waals surface area contributed by atoms with Crippen LogP contribution in [0, 0.1) is 5.92 Å². The maximum Gasteiger partial charge on any atom is 0.411 e. The number of anilines is 1. The summed E-state index contributed by atoms with van der Waals surface area (Å²) < 4.78 is 25.3. The van der Waals surface area contributed by atoms with Crippen molar-refractivity contribution in [2.45, 2.75) is 13.0 Å². The molecule has 0 aromatic heterocycles. The molecule has 0 atom stereocenters. The SMILES string of the molecule is COC(=O)C(Cc1cccc(COC(=O)Nc2cccc(OC)c2)c1OC)C(=O)OC. The standard InChI is InChI=1S/C22H25NO8/c1-27-17-10-6-9-16(12-17)23-22(26)31-13-15-8-5-7-14(19(15)28-2)11-18(20(24)29-3)21(25)30-4/h5-10,12,18H,11,13H2,1-4H3,(H,23,26). The van der Waals surface area contributed by atoms with Gasteiger partial charge in [-0.2, -0.15) is 0 Å². The molecule has 0 fully saturated rings. The lowest BCUT2D eigenvalue weighted by Gasteiger charge is -2.17. The summed E-state index contributed by atoms with van der Waals surface area (Å²) >= 11 is 0. The molecule has 0 heterocycles. The predicted octanol–water partition coefficient (Wildman–Crippen LogP) is 2.96. The van der Waals surface area contributed by atoms with Gasteiger partial charge in [0.05, 0.1) is 28.4 Å². The Kier molecular flexibility index (Phi) is 8.68. The van der Waals surface area contributed by atoms with E-state index in [4.69, 9.17) is 23.7 Å². The summed E-state index contributed by atoms with van der Waals surface area (Å²) in [6, 6.07) is 12.0. The van der Waals surface area contributed by atoms with E-state index in [1.54, 1.807) is 42.5 Å². The number of methoxy groups -OCH3 is 4.